The Morgan fingerprint density at radius 1 is 1.28 bits per heavy atom. The molecule has 1 aromatic carbocycles. The Hall–Kier alpha value is -2.05. The van der Waals surface area contributed by atoms with Crippen molar-refractivity contribution in [2.24, 2.45) is 0 Å². The first kappa shape index (κ1) is 17.8. The fraction of sp³-hybridized carbons (Fsp3) is 0.421. The Labute approximate surface area is 152 Å². The topological polar surface area (TPSA) is 59.6 Å². The van der Waals surface area contributed by atoms with Crippen LogP contribution in [0.4, 0.5) is 0 Å². The van der Waals surface area contributed by atoms with Gasteiger partial charge in [-0.3, -0.25) is 4.79 Å². The molecule has 1 fully saturated rings. The zero-order chi connectivity index (χ0) is 17.5. The molecule has 6 heteroatoms. The number of carbonyl (C=O) groups is 1. The minimum atomic E-state index is -0.122. The molecule has 1 aromatic heterocycles. The molecule has 0 bridgehead atoms. The maximum absolute atomic E-state index is 12.0. The number of methoxy groups -OCH3 is 1. The van der Waals surface area contributed by atoms with Crippen LogP contribution in [0.5, 0.6) is 11.5 Å². The molecule has 0 saturated carbocycles. The largest absolute Gasteiger partial charge is 0.493 e. The summed E-state index contributed by atoms with van der Waals surface area (Å²) in [6.07, 6.45) is 2.99. The number of hydrogen-bond acceptors (Lipinski definition) is 5. The molecule has 5 nitrogen and oxygen atoms in total. The minimum absolute atomic E-state index is 0.0976. The van der Waals surface area contributed by atoms with E-state index in [-0.39, 0.29) is 11.9 Å². The molecule has 1 atom stereocenters. The summed E-state index contributed by atoms with van der Waals surface area (Å²) in [4.78, 5) is 13.2. The molecule has 0 radical (unpaired) electrons. The number of benzene rings is 1. The van der Waals surface area contributed by atoms with Gasteiger partial charge in [-0.2, -0.15) is 0 Å². The number of ether oxygens (including phenoxy) is 2. The number of amides is 1. The first-order chi connectivity index (χ1) is 12.3. The van der Waals surface area contributed by atoms with E-state index in [1.807, 2.05) is 35.7 Å². The summed E-state index contributed by atoms with van der Waals surface area (Å²) < 4.78 is 11.3. The molecule has 2 heterocycles. The predicted molar refractivity (Wildman–Crippen MR) is 99.1 cm³/mol. The third-order valence-corrected chi connectivity index (χ3v) is 5.12. The van der Waals surface area contributed by atoms with Crippen LogP contribution in [0.15, 0.2) is 35.7 Å². The van der Waals surface area contributed by atoms with Gasteiger partial charge in [0.05, 0.1) is 13.2 Å². The molecule has 1 aliphatic heterocycles. The number of carbonyl (C=O) groups excluding carboxylic acids is 1. The van der Waals surface area contributed by atoms with Gasteiger partial charge in [0.2, 0.25) is 5.91 Å². The molecule has 3 rings (SSSR count). The minimum Gasteiger partial charge on any atom is -0.493 e. The van der Waals surface area contributed by atoms with E-state index in [0.717, 1.165) is 37.1 Å². The van der Waals surface area contributed by atoms with Crippen LogP contribution in [0.1, 0.15) is 29.7 Å². The normalized spacial score (nSPS) is 17.6. The molecule has 1 aliphatic rings. The average Bonchev–Trinajstić information content (AvgIpc) is 3.07. The van der Waals surface area contributed by atoms with Crippen molar-refractivity contribution in [2.75, 3.05) is 13.7 Å². The SMILES string of the molecule is COc1cc(CNC2CCCCNC2=O)ccc1OCc1cccs1. The summed E-state index contributed by atoms with van der Waals surface area (Å²) in [6, 6.07) is 9.84. The highest BCUT2D eigenvalue weighted by Gasteiger charge is 2.19. The molecule has 2 aromatic rings. The number of thiophene rings is 1. The monoisotopic (exact) mass is 360 g/mol. The lowest BCUT2D eigenvalue weighted by atomic mass is 10.1. The molecule has 1 saturated heterocycles. The Morgan fingerprint density at radius 2 is 2.20 bits per heavy atom. The molecule has 2 N–H and O–H groups in total. The van der Waals surface area contributed by atoms with E-state index in [2.05, 4.69) is 10.6 Å². The number of hydrogen-bond donors (Lipinski definition) is 2. The quantitative estimate of drug-likeness (QED) is 0.797. The summed E-state index contributed by atoms with van der Waals surface area (Å²) in [5.41, 5.74) is 1.07. The van der Waals surface area contributed by atoms with Gasteiger partial charge in [-0.1, -0.05) is 12.1 Å². The summed E-state index contributed by atoms with van der Waals surface area (Å²) >= 11 is 1.67. The van der Waals surface area contributed by atoms with Crippen LogP contribution in [0.25, 0.3) is 0 Å². The Kier molecular flexibility index (Phi) is 6.30. The van der Waals surface area contributed by atoms with Gasteiger partial charge in [0.15, 0.2) is 11.5 Å². The average molecular weight is 360 g/mol. The van der Waals surface area contributed by atoms with Crippen LogP contribution in [0.3, 0.4) is 0 Å². The first-order valence-corrected chi connectivity index (χ1v) is 9.47. The van der Waals surface area contributed by atoms with Crippen molar-refractivity contribution in [3.8, 4) is 11.5 Å². The maximum Gasteiger partial charge on any atom is 0.237 e. The lowest BCUT2D eigenvalue weighted by Gasteiger charge is -2.16. The van der Waals surface area contributed by atoms with Crippen LogP contribution in [-0.2, 0) is 17.9 Å². The maximum atomic E-state index is 12.0. The number of rotatable bonds is 7. The molecule has 0 aliphatic carbocycles. The predicted octanol–water partition coefficient (Wildman–Crippen LogP) is 3.09. The van der Waals surface area contributed by atoms with Gasteiger partial charge >= 0.3 is 0 Å². The van der Waals surface area contributed by atoms with Crippen LogP contribution < -0.4 is 20.1 Å². The van der Waals surface area contributed by atoms with Gasteiger partial charge in [0.1, 0.15) is 6.61 Å². The summed E-state index contributed by atoms with van der Waals surface area (Å²) in [5.74, 6) is 1.54. The van der Waals surface area contributed by atoms with Gasteiger partial charge in [-0.05, 0) is 48.4 Å². The highest BCUT2D eigenvalue weighted by Crippen LogP contribution is 2.29. The van der Waals surface area contributed by atoms with Crippen molar-refractivity contribution in [1.29, 1.82) is 0 Å². The van der Waals surface area contributed by atoms with Crippen molar-refractivity contribution < 1.29 is 14.3 Å². The molecular weight excluding hydrogens is 336 g/mol. The highest BCUT2D eigenvalue weighted by atomic mass is 32.1. The second-order valence-corrected chi connectivity index (χ2v) is 7.11. The highest BCUT2D eigenvalue weighted by molar-refractivity contribution is 7.09. The summed E-state index contributed by atoms with van der Waals surface area (Å²) in [5, 5.41) is 8.33. The second-order valence-electron chi connectivity index (χ2n) is 6.07. The van der Waals surface area contributed by atoms with Crippen LogP contribution >= 0.6 is 11.3 Å². The van der Waals surface area contributed by atoms with E-state index >= 15 is 0 Å². The second kappa shape index (κ2) is 8.87. The van der Waals surface area contributed by atoms with E-state index < -0.39 is 0 Å². The fourth-order valence-corrected chi connectivity index (χ4v) is 3.48. The van der Waals surface area contributed by atoms with E-state index in [1.165, 1.54) is 4.88 Å². The molecule has 134 valence electrons. The van der Waals surface area contributed by atoms with Gasteiger partial charge in [0, 0.05) is 18.0 Å². The summed E-state index contributed by atoms with van der Waals surface area (Å²) in [7, 11) is 1.64. The van der Waals surface area contributed by atoms with Crippen molar-refractivity contribution in [3.05, 3.63) is 46.2 Å². The molecule has 25 heavy (non-hydrogen) atoms. The van der Waals surface area contributed by atoms with Crippen LogP contribution in [-0.4, -0.2) is 25.6 Å². The van der Waals surface area contributed by atoms with E-state index in [9.17, 15) is 4.79 Å². The molecule has 0 spiro atoms. The smallest absolute Gasteiger partial charge is 0.237 e. The van der Waals surface area contributed by atoms with Crippen molar-refractivity contribution in [3.63, 3.8) is 0 Å². The Balaban J connectivity index is 1.59. The van der Waals surface area contributed by atoms with E-state index in [4.69, 9.17) is 9.47 Å². The molecular formula is C19H24N2O3S. The van der Waals surface area contributed by atoms with Crippen LogP contribution in [0, 0.1) is 0 Å². The third-order valence-electron chi connectivity index (χ3n) is 4.27. The third kappa shape index (κ3) is 4.96. The van der Waals surface area contributed by atoms with Crippen LogP contribution in [0.2, 0.25) is 0 Å². The molecule has 1 amide bonds. The lowest BCUT2D eigenvalue weighted by molar-refractivity contribution is -0.122. The van der Waals surface area contributed by atoms with Crippen molar-refractivity contribution in [2.45, 2.75) is 38.5 Å². The van der Waals surface area contributed by atoms with Gasteiger partial charge in [0.25, 0.3) is 0 Å². The summed E-state index contributed by atoms with van der Waals surface area (Å²) in [6.45, 7) is 1.94. The first-order valence-electron chi connectivity index (χ1n) is 8.59. The zero-order valence-electron chi connectivity index (χ0n) is 14.4. The van der Waals surface area contributed by atoms with E-state index in [0.29, 0.717) is 18.9 Å². The standard InChI is InChI=1S/C19H24N2O3S/c1-23-18-11-14(12-21-16-6-2-3-9-20-19(16)22)7-8-17(18)24-13-15-5-4-10-25-15/h4-5,7-8,10-11,16,21H,2-3,6,9,12-13H2,1H3,(H,20,22). The van der Waals surface area contributed by atoms with Gasteiger partial charge in [-0.15, -0.1) is 11.3 Å². The van der Waals surface area contributed by atoms with Crippen molar-refractivity contribution in [1.82, 2.24) is 10.6 Å². The lowest BCUT2D eigenvalue weighted by Crippen LogP contribution is -2.42. The van der Waals surface area contributed by atoms with E-state index in [1.54, 1.807) is 18.4 Å². The molecule has 1 unspecified atom stereocenters. The fourth-order valence-electron chi connectivity index (χ4n) is 2.86. The Morgan fingerprint density at radius 3 is 3.00 bits per heavy atom. The Bertz CT molecular complexity index is 688. The van der Waals surface area contributed by atoms with Crippen molar-refractivity contribution >= 4 is 17.2 Å². The zero-order valence-corrected chi connectivity index (χ0v) is 15.2. The van der Waals surface area contributed by atoms with Gasteiger partial charge < -0.3 is 20.1 Å². The number of nitrogens with one attached hydrogen (secondary N) is 2. The van der Waals surface area contributed by atoms with Gasteiger partial charge in [-0.25, -0.2) is 0 Å².